The van der Waals surface area contributed by atoms with E-state index in [1.807, 2.05) is 0 Å². The number of carbonyl (C=O) groups is 7. The van der Waals surface area contributed by atoms with E-state index in [2.05, 4.69) is 20.6 Å². The molecule has 416 valence electrons. The van der Waals surface area contributed by atoms with E-state index in [-0.39, 0.29) is 44.2 Å². The van der Waals surface area contributed by atoms with Crippen molar-refractivity contribution < 1.29 is 65.3 Å². The lowest BCUT2D eigenvalue weighted by Crippen LogP contribution is -2.55. The summed E-state index contributed by atoms with van der Waals surface area (Å²) in [4.78, 5) is 106. The fraction of sp³-hybridized carbons (Fsp3) is 0.574. The molecular formula is C54H72F4N8O10. The first-order valence-electron chi connectivity index (χ1n) is 25.6. The molecule has 2 aromatic heterocycles. The number of halogens is 4. The van der Waals surface area contributed by atoms with Crippen molar-refractivity contribution in [1.82, 2.24) is 40.2 Å². The van der Waals surface area contributed by atoms with E-state index in [0.717, 1.165) is 14.7 Å². The van der Waals surface area contributed by atoms with Gasteiger partial charge < -0.3 is 44.6 Å². The third kappa shape index (κ3) is 13.6. The van der Waals surface area contributed by atoms with E-state index >= 15 is 17.6 Å². The lowest BCUT2D eigenvalue weighted by molar-refractivity contribution is -0.147. The van der Waals surface area contributed by atoms with Crippen LogP contribution in [0, 0.1) is 11.6 Å². The number of nitrogens with one attached hydrogen (secondary N) is 4. The smallest absolute Gasteiger partial charge is 0.410 e. The van der Waals surface area contributed by atoms with Crippen LogP contribution in [-0.4, -0.2) is 158 Å². The maximum Gasteiger partial charge on any atom is 0.410 e. The van der Waals surface area contributed by atoms with Crippen LogP contribution in [0.3, 0.4) is 0 Å². The number of likely N-dealkylation sites (N-methyl/N-ethyl adjacent to an activating group) is 2. The molecule has 2 fully saturated rings. The van der Waals surface area contributed by atoms with Crippen LogP contribution in [-0.2, 0) is 51.0 Å². The van der Waals surface area contributed by atoms with Crippen molar-refractivity contribution in [2.24, 2.45) is 0 Å². The highest BCUT2D eigenvalue weighted by atomic mass is 19.3. The molecule has 4 N–H and O–H groups in total. The summed E-state index contributed by atoms with van der Waals surface area (Å²) in [6.45, 7) is 16.5. The van der Waals surface area contributed by atoms with Gasteiger partial charge in [0, 0.05) is 67.8 Å². The maximum absolute atomic E-state index is 15.8. The van der Waals surface area contributed by atoms with Crippen LogP contribution in [0.1, 0.15) is 113 Å². The molecular weight excluding hydrogens is 997 g/mol. The molecule has 2 aliphatic rings. The molecule has 0 unspecified atom stereocenters. The minimum atomic E-state index is -3.35. The number of nitrogens with zero attached hydrogens (tertiary/aromatic N) is 4. The predicted octanol–water partition coefficient (Wildman–Crippen LogP) is 7.75. The Labute approximate surface area is 439 Å². The highest BCUT2D eigenvalue weighted by molar-refractivity contribution is 5.97. The van der Waals surface area contributed by atoms with Gasteiger partial charge in [0.25, 0.3) is 5.92 Å². The van der Waals surface area contributed by atoms with Crippen LogP contribution < -0.4 is 10.6 Å². The number of carbonyl (C=O) groups excluding carboxylic acids is 7. The van der Waals surface area contributed by atoms with Gasteiger partial charge in [0.1, 0.15) is 53.1 Å². The quantitative estimate of drug-likeness (QED) is 0.0486. The van der Waals surface area contributed by atoms with Crippen LogP contribution in [0.5, 0.6) is 0 Å². The summed E-state index contributed by atoms with van der Waals surface area (Å²) in [6, 6.07) is 1.63. The van der Waals surface area contributed by atoms with Crippen molar-refractivity contribution in [3.05, 3.63) is 59.2 Å². The normalized spacial score (nSPS) is 19.2. The number of likely N-dealkylation sites (tertiary alicyclic amines) is 2. The number of aromatic amines is 2. The van der Waals surface area contributed by atoms with Crippen LogP contribution in [0.25, 0.3) is 33.2 Å². The van der Waals surface area contributed by atoms with E-state index in [4.69, 9.17) is 14.2 Å². The van der Waals surface area contributed by atoms with E-state index in [1.165, 1.54) is 70.1 Å². The van der Waals surface area contributed by atoms with Gasteiger partial charge in [0.05, 0.1) is 24.5 Å². The number of H-pyrrole nitrogens is 2. The Bertz CT molecular complexity index is 2860. The van der Waals surface area contributed by atoms with Gasteiger partial charge in [0.15, 0.2) is 0 Å². The van der Waals surface area contributed by atoms with Crippen LogP contribution in [0.2, 0.25) is 0 Å². The number of alkyl halides is 2. The lowest BCUT2D eigenvalue weighted by atomic mass is 9.94. The molecule has 7 atom stereocenters. The molecule has 6 amide bonds. The van der Waals surface area contributed by atoms with Crippen molar-refractivity contribution in [2.75, 3.05) is 27.2 Å². The number of benzene rings is 2. The number of aromatic nitrogens is 2. The van der Waals surface area contributed by atoms with Crippen LogP contribution in [0.4, 0.5) is 27.2 Å². The van der Waals surface area contributed by atoms with Crippen molar-refractivity contribution in [1.29, 1.82) is 0 Å². The number of rotatable bonds is 16. The molecule has 4 heterocycles. The highest BCUT2D eigenvalue weighted by Crippen LogP contribution is 2.42. The van der Waals surface area contributed by atoms with Crippen LogP contribution in [0.15, 0.2) is 36.4 Å². The first-order valence-corrected chi connectivity index (χ1v) is 25.6. The SMILES string of the molecule is CC[C@H](NC(=O)[C@H](C)N(C)C(=O)OC(C)(C)C)C(=O)N1C[C@@H](OC(C)=O)C[C@H]1Cc1c(-c2[nH]c3cc(F)ccc3c2C[C@@H]2CC(F)(F)CN2C(=O)[C@H](CC)NC(=O)[C@H](C)N(C)C(=O)OC(C)(C)C)[nH]c2cc(F)ccc12. The summed E-state index contributed by atoms with van der Waals surface area (Å²) in [5, 5.41) is 6.38. The largest absolute Gasteiger partial charge is 0.461 e. The van der Waals surface area contributed by atoms with E-state index in [9.17, 15) is 33.6 Å². The second-order valence-corrected chi connectivity index (χ2v) is 22.0. The second-order valence-electron chi connectivity index (χ2n) is 22.0. The van der Waals surface area contributed by atoms with Crippen molar-refractivity contribution in [3.63, 3.8) is 0 Å². The van der Waals surface area contributed by atoms with Gasteiger partial charge in [0.2, 0.25) is 23.6 Å². The number of fused-ring (bicyclic) bond motifs is 2. The van der Waals surface area contributed by atoms with Crippen molar-refractivity contribution in [2.45, 2.75) is 174 Å². The van der Waals surface area contributed by atoms with Crippen molar-refractivity contribution in [3.8, 4) is 11.4 Å². The molecule has 2 aliphatic heterocycles. The van der Waals surface area contributed by atoms with Gasteiger partial charge in [-0.15, -0.1) is 0 Å². The molecule has 2 saturated heterocycles. The summed E-state index contributed by atoms with van der Waals surface area (Å²) < 4.78 is 78.2. The fourth-order valence-electron chi connectivity index (χ4n) is 9.77. The van der Waals surface area contributed by atoms with Gasteiger partial charge in [-0.25, -0.2) is 27.2 Å². The van der Waals surface area contributed by atoms with Crippen LogP contribution >= 0.6 is 0 Å². The first-order chi connectivity index (χ1) is 35.3. The molecule has 4 aromatic rings. The maximum atomic E-state index is 15.8. The second kappa shape index (κ2) is 22.8. The zero-order valence-electron chi connectivity index (χ0n) is 45.5. The van der Waals surface area contributed by atoms with E-state index in [0.29, 0.717) is 38.8 Å². The molecule has 6 rings (SSSR count). The Morgan fingerprint density at radius 3 is 1.54 bits per heavy atom. The summed E-state index contributed by atoms with van der Waals surface area (Å²) in [6.07, 6.45) is -2.92. The molecule has 0 aliphatic carbocycles. The Morgan fingerprint density at radius 1 is 0.711 bits per heavy atom. The minimum Gasteiger partial charge on any atom is -0.461 e. The molecule has 22 heteroatoms. The van der Waals surface area contributed by atoms with Gasteiger partial charge in [-0.1, -0.05) is 13.8 Å². The third-order valence-corrected chi connectivity index (χ3v) is 13.8. The van der Waals surface area contributed by atoms with Gasteiger partial charge >= 0.3 is 18.2 Å². The molecule has 0 bridgehead atoms. The topological polar surface area (TPSA) is 216 Å². The Morgan fingerprint density at radius 2 is 1.13 bits per heavy atom. The van der Waals surface area contributed by atoms with Gasteiger partial charge in [-0.3, -0.25) is 33.8 Å². The van der Waals surface area contributed by atoms with Crippen molar-refractivity contribution >= 4 is 63.6 Å². The molecule has 0 saturated carbocycles. The average Bonchev–Trinajstić information content (AvgIpc) is 4.07. The van der Waals surface area contributed by atoms with Gasteiger partial charge in [-0.05, 0) is 129 Å². The summed E-state index contributed by atoms with van der Waals surface area (Å²) in [7, 11) is 2.77. The summed E-state index contributed by atoms with van der Waals surface area (Å²) in [5.74, 6) is -7.76. The zero-order chi connectivity index (χ0) is 56.5. The fourth-order valence-corrected chi connectivity index (χ4v) is 9.77. The number of ether oxygens (including phenoxy) is 3. The lowest BCUT2D eigenvalue weighted by Gasteiger charge is -2.31. The monoisotopic (exact) mass is 1070 g/mol. The van der Waals surface area contributed by atoms with E-state index < -0.39 is 126 Å². The third-order valence-electron chi connectivity index (χ3n) is 13.8. The zero-order valence-corrected chi connectivity index (χ0v) is 45.5. The summed E-state index contributed by atoms with van der Waals surface area (Å²) >= 11 is 0. The van der Waals surface area contributed by atoms with Gasteiger partial charge in [-0.2, -0.15) is 0 Å². The Balaban J connectivity index is 1.36. The molecule has 0 radical (unpaired) electrons. The number of esters is 1. The average molecular weight is 1070 g/mol. The molecule has 18 nitrogen and oxygen atoms in total. The summed E-state index contributed by atoms with van der Waals surface area (Å²) in [5.41, 5.74) is 0.513. The molecule has 76 heavy (non-hydrogen) atoms. The standard InChI is InChI=1S/C54H72F4N8O10/c1-14-40(61-46(68)28(3)63(12)50(72)75-52(6,7)8)48(70)65-26-35(74-30(5)67)22-33(65)23-38-36-18-16-31(55)20-42(36)59-44(38)45-39(37-19-17-32(56)21-43(37)60-45)24-34-25-54(57,58)27-66(34)49(71)41(15-2)62-47(69)29(4)64(13)51(73)76-53(9,10)11/h16-21,28-29,33-35,40-41,59-60H,14-15,22-27H2,1-13H3,(H,61,68)(H,62,69)/t28-,29-,33-,34+,35-,40-,41-/m0/s1. The van der Waals surface area contributed by atoms with E-state index in [1.54, 1.807) is 61.5 Å². The molecule has 0 spiro atoms. The Kier molecular flexibility index (Phi) is 17.5. The highest BCUT2D eigenvalue weighted by Gasteiger charge is 2.49. The number of hydrogen-bond acceptors (Lipinski definition) is 10. The number of amides is 6. The molecule has 2 aromatic carbocycles. The predicted molar refractivity (Wildman–Crippen MR) is 275 cm³/mol. The Hall–Kier alpha value is -6.87. The minimum absolute atomic E-state index is 0.0176. The number of hydrogen-bond donors (Lipinski definition) is 4. The first kappa shape index (κ1) is 58.4.